The minimum atomic E-state index is -0.511. The minimum Gasteiger partial charge on any atom is -0.341 e. The van der Waals surface area contributed by atoms with Crippen LogP contribution in [0.5, 0.6) is 0 Å². The second kappa shape index (κ2) is 4.12. The van der Waals surface area contributed by atoms with Gasteiger partial charge in [-0.2, -0.15) is 0 Å². The van der Waals surface area contributed by atoms with Crippen molar-refractivity contribution in [2.75, 3.05) is 13.1 Å². The Morgan fingerprint density at radius 2 is 2.13 bits per heavy atom. The van der Waals surface area contributed by atoms with E-state index in [0.29, 0.717) is 5.92 Å². The molecule has 3 nitrogen and oxygen atoms in total. The van der Waals surface area contributed by atoms with E-state index >= 15 is 0 Å². The molecule has 1 atom stereocenters. The van der Waals surface area contributed by atoms with Crippen LogP contribution in [0, 0.1) is 5.92 Å². The zero-order valence-corrected chi connectivity index (χ0v) is 9.67. The van der Waals surface area contributed by atoms with Crippen molar-refractivity contribution in [1.82, 2.24) is 4.90 Å². The first kappa shape index (κ1) is 10.9. The fourth-order valence-corrected chi connectivity index (χ4v) is 2.88. The first-order chi connectivity index (χ1) is 7.15. The maximum absolute atomic E-state index is 12.2. The molecule has 2 N–H and O–H groups in total. The lowest BCUT2D eigenvalue weighted by Crippen LogP contribution is -2.52. The highest BCUT2D eigenvalue weighted by Gasteiger charge is 2.41. The van der Waals surface area contributed by atoms with Crippen LogP contribution in [-0.2, 0) is 4.79 Å². The molecule has 1 saturated heterocycles. The monoisotopic (exact) mass is 210 g/mol. The number of carbonyl (C=O) groups is 1. The van der Waals surface area contributed by atoms with Gasteiger partial charge in [-0.1, -0.05) is 26.2 Å². The Balaban J connectivity index is 1.96. The highest BCUT2D eigenvalue weighted by Crippen LogP contribution is 2.31. The van der Waals surface area contributed by atoms with E-state index in [1.807, 2.05) is 4.90 Å². The van der Waals surface area contributed by atoms with Crippen LogP contribution in [0.3, 0.4) is 0 Å². The second-order valence-electron chi connectivity index (χ2n) is 5.18. The van der Waals surface area contributed by atoms with Crippen molar-refractivity contribution in [3.63, 3.8) is 0 Å². The van der Waals surface area contributed by atoms with Gasteiger partial charge >= 0.3 is 0 Å². The molecule has 2 rings (SSSR count). The highest BCUT2D eigenvalue weighted by atomic mass is 16.2. The van der Waals surface area contributed by atoms with E-state index in [-0.39, 0.29) is 5.91 Å². The molecule has 0 spiro atoms. The molecule has 1 heterocycles. The van der Waals surface area contributed by atoms with E-state index in [2.05, 4.69) is 6.92 Å². The first-order valence-corrected chi connectivity index (χ1v) is 6.24. The van der Waals surface area contributed by atoms with Crippen molar-refractivity contribution in [2.24, 2.45) is 11.7 Å². The van der Waals surface area contributed by atoms with Crippen LogP contribution in [0.1, 0.15) is 45.4 Å². The topological polar surface area (TPSA) is 46.3 Å². The predicted octanol–water partition coefficient (Wildman–Crippen LogP) is 1.52. The molecule has 1 saturated carbocycles. The minimum absolute atomic E-state index is 0.218. The smallest absolute Gasteiger partial charge is 0.242 e. The van der Waals surface area contributed by atoms with Gasteiger partial charge in [0.1, 0.15) is 0 Å². The maximum Gasteiger partial charge on any atom is 0.242 e. The zero-order valence-electron chi connectivity index (χ0n) is 9.67. The summed E-state index contributed by atoms with van der Waals surface area (Å²) in [5.41, 5.74) is 5.67. The lowest BCUT2D eigenvalue weighted by atomic mass is 9.97. The zero-order chi connectivity index (χ0) is 10.9. The van der Waals surface area contributed by atoms with Crippen LogP contribution < -0.4 is 5.73 Å². The van der Waals surface area contributed by atoms with Crippen molar-refractivity contribution >= 4 is 5.91 Å². The molecule has 0 aromatic rings. The predicted molar refractivity (Wildman–Crippen MR) is 60.4 cm³/mol. The molecule has 0 bridgehead atoms. The summed E-state index contributed by atoms with van der Waals surface area (Å²) < 4.78 is 0. The normalized spacial score (nSPS) is 29.7. The third-order valence-corrected chi connectivity index (χ3v) is 4.07. The Morgan fingerprint density at radius 3 is 2.67 bits per heavy atom. The summed E-state index contributed by atoms with van der Waals surface area (Å²) >= 11 is 0. The van der Waals surface area contributed by atoms with Crippen molar-refractivity contribution < 1.29 is 4.79 Å². The van der Waals surface area contributed by atoms with E-state index in [1.165, 1.54) is 12.8 Å². The van der Waals surface area contributed by atoms with Crippen molar-refractivity contribution in [1.29, 1.82) is 0 Å². The molecule has 1 aliphatic heterocycles. The number of amides is 1. The Morgan fingerprint density at radius 1 is 1.47 bits per heavy atom. The summed E-state index contributed by atoms with van der Waals surface area (Å²) in [4.78, 5) is 14.2. The number of carbonyl (C=O) groups excluding carboxylic acids is 1. The van der Waals surface area contributed by atoms with Crippen LogP contribution in [0.4, 0.5) is 0 Å². The molecule has 86 valence electrons. The SMILES string of the molecule is CCC1CCN(C(=O)C2(N)CCCC2)C1. The Hall–Kier alpha value is -0.570. The average Bonchev–Trinajstić information content (AvgIpc) is 2.85. The summed E-state index contributed by atoms with van der Waals surface area (Å²) in [6.45, 7) is 4.07. The lowest BCUT2D eigenvalue weighted by Gasteiger charge is -2.28. The van der Waals surface area contributed by atoms with Crippen LogP contribution >= 0.6 is 0 Å². The van der Waals surface area contributed by atoms with Gasteiger partial charge in [0.25, 0.3) is 0 Å². The van der Waals surface area contributed by atoms with Gasteiger partial charge in [0.15, 0.2) is 0 Å². The lowest BCUT2D eigenvalue weighted by molar-refractivity contribution is -0.135. The van der Waals surface area contributed by atoms with Crippen molar-refractivity contribution in [3.8, 4) is 0 Å². The largest absolute Gasteiger partial charge is 0.341 e. The summed E-state index contributed by atoms with van der Waals surface area (Å²) in [5, 5.41) is 0. The van der Waals surface area contributed by atoms with Crippen LogP contribution in [0.15, 0.2) is 0 Å². The summed E-state index contributed by atoms with van der Waals surface area (Å²) in [7, 11) is 0. The number of likely N-dealkylation sites (tertiary alicyclic amines) is 1. The van der Waals surface area contributed by atoms with E-state index in [1.54, 1.807) is 0 Å². The van der Waals surface area contributed by atoms with Gasteiger partial charge in [0, 0.05) is 13.1 Å². The molecule has 0 aromatic heterocycles. The molecule has 2 fully saturated rings. The molecule has 1 aliphatic carbocycles. The number of nitrogens with zero attached hydrogens (tertiary/aromatic N) is 1. The van der Waals surface area contributed by atoms with Gasteiger partial charge in [-0.15, -0.1) is 0 Å². The number of hydrogen-bond acceptors (Lipinski definition) is 2. The van der Waals surface area contributed by atoms with Gasteiger partial charge in [-0.3, -0.25) is 4.79 Å². The molecule has 3 heteroatoms. The number of hydrogen-bond donors (Lipinski definition) is 1. The molecule has 1 unspecified atom stereocenters. The Kier molecular flexibility index (Phi) is 3.01. The highest BCUT2D eigenvalue weighted by molar-refractivity contribution is 5.86. The molecular weight excluding hydrogens is 188 g/mol. The van der Waals surface area contributed by atoms with Crippen molar-refractivity contribution in [3.05, 3.63) is 0 Å². The first-order valence-electron chi connectivity index (χ1n) is 6.24. The fourth-order valence-electron chi connectivity index (χ4n) is 2.88. The fraction of sp³-hybridized carbons (Fsp3) is 0.917. The Bertz CT molecular complexity index is 246. The molecular formula is C12H22N2O. The number of rotatable bonds is 2. The molecule has 15 heavy (non-hydrogen) atoms. The molecule has 1 amide bonds. The van der Waals surface area contributed by atoms with Gasteiger partial charge in [0.05, 0.1) is 5.54 Å². The average molecular weight is 210 g/mol. The maximum atomic E-state index is 12.2. The molecule has 0 radical (unpaired) electrons. The van der Waals surface area contributed by atoms with E-state index in [0.717, 1.165) is 38.8 Å². The third-order valence-electron chi connectivity index (χ3n) is 4.07. The van der Waals surface area contributed by atoms with Crippen LogP contribution in [0.25, 0.3) is 0 Å². The van der Waals surface area contributed by atoms with Gasteiger partial charge in [-0.05, 0) is 25.2 Å². The standard InChI is InChI=1S/C12H22N2O/c1-2-10-5-8-14(9-10)11(15)12(13)6-3-4-7-12/h10H,2-9,13H2,1H3. The molecule has 2 aliphatic rings. The summed E-state index contributed by atoms with van der Waals surface area (Å²) in [6.07, 6.45) is 6.36. The van der Waals surface area contributed by atoms with Gasteiger partial charge in [-0.25, -0.2) is 0 Å². The van der Waals surface area contributed by atoms with Gasteiger partial charge in [0.2, 0.25) is 5.91 Å². The van der Waals surface area contributed by atoms with Crippen LogP contribution in [0.2, 0.25) is 0 Å². The summed E-state index contributed by atoms with van der Waals surface area (Å²) in [5.74, 6) is 0.926. The van der Waals surface area contributed by atoms with Crippen LogP contribution in [-0.4, -0.2) is 29.4 Å². The van der Waals surface area contributed by atoms with Crippen molar-refractivity contribution in [2.45, 2.75) is 51.0 Å². The quantitative estimate of drug-likeness (QED) is 0.751. The second-order valence-corrected chi connectivity index (χ2v) is 5.18. The van der Waals surface area contributed by atoms with E-state index in [9.17, 15) is 4.79 Å². The number of nitrogens with two attached hydrogens (primary N) is 1. The summed E-state index contributed by atoms with van der Waals surface area (Å²) in [6, 6.07) is 0. The third kappa shape index (κ3) is 2.03. The Labute approximate surface area is 92.0 Å². The van der Waals surface area contributed by atoms with E-state index < -0.39 is 5.54 Å². The van der Waals surface area contributed by atoms with E-state index in [4.69, 9.17) is 5.73 Å². The molecule has 0 aromatic carbocycles. The van der Waals surface area contributed by atoms with Gasteiger partial charge < -0.3 is 10.6 Å².